The van der Waals surface area contributed by atoms with Crippen molar-refractivity contribution in [2.24, 2.45) is 0 Å². The van der Waals surface area contributed by atoms with E-state index in [1.807, 2.05) is 6.07 Å². The van der Waals surface area contributed by atoms with Gasteiger partial charge < -0.3 is 10.1 Å². The van der Waals surface area contributed by atoms with Crippen molar-refractivity contribution in [3.63, 3.8) is 0 Å². The molecule has 7 nitrogen and oxygen atoms in total. The molecule has 0 bridgehead atoms. The number of rotatable bonds is 5. The van der Waals surface area contributed by atoms with Crippen LogP contribution in [0.1, 0.15) is 40.2 Å². The number of nitrogens with zero attached hydrogens (tertiary/aromatic N) is 3. The molecule has 0 atom stereocenters. The first-order chi connectivity index (χ1) is 14.6. The van der Waals surface area contributed by atoms with Gasteiger partial charge in [0.2, 0.25) is 0 Å². The summed E-state index contributed by atoms with van der Waals surface area (Å²) in [6, 6.07) is 9.47. The Hall–Kier alpha value is -3.51. The molecule has 2 heterocycles. The van der Waals surface area contributed by atoms with Crippen LogP contribution in [-0.4, -0.2) is 28.3 Å². The third kappa shape index (κ3) is 3.95. The molecular weight excluding hydrogens is 407 g/mol. The fraction of sp³-hybridized carbons (Fsp3) is 0.238. The first-order valence-electron chi connectivity index (χ1n) is 9.38. The summed E-state index contributed by atoms with van der Waals surface area (Å²) in [5, 5.41) is 18.1. The summed E-state index contributed by atoms with van der Waals surface area (Å²) in [6.07, 6.45) is 3.34. The maximum Gasteiger partial charge on any atom is 0.359 e. The monoisotopic (exact) mass is 424 g/mol. The molecule has 0 fully saturated rings. The highest BCUT2D eigenvalue weighted by molar-refractivity contribution is 7.14. The Morgan fingerprint density at radius 3 is 2.77 bits per heavy atom. The first-order valence-corrected chi connectivity index (χ1v) is 10.3. The Kier molecular flexibility index (Phi) is 5.59. The van der Waals surface area contributed by atoms with Crippen molar-refractivity contribution in [3.05, 3.63) is 64.0 Å². The fourth-order valence-electron chi connectivity index (χ4n) is 3.42. The van der Waals surface area contributed by atoms with Crippen LogP contribution in [0.15, 0.2) is 35.7 Å². The SMILES string of the molecule is N#Cc1ccsc1NC(=O)COC(=O)c1nn(-c2ccc(F)cc2)c2c1CCCC2. The Labute approximate surface area is 175 Å². The normalized spacial score (nSPS) is 12.7. The number of carbonyl (C=O) groups excluding carboxylic acids is 2. The molecule has 0 saturated heterocycles. The quantitative estimate of drug-likeness (QED) is 0.631. The highest BCUT2D eigenvalue weighted by Gasteiger charge is 2.27. The number of nitrogens with one attached hydrogen (secondary N) is 1. The lowest BCUT2D eigenvalue weighted by Gasteiger charge is -2.14. The number of halogens is 1. The number of fused-ring (bicyclic) bond motifs is 1. The molecule has 1 N–H and O–H groups in total. The van der Waals surface area contributed by atoms with E-state index in [9.17, 15) is 14.0 Å². The summed E-state index contributed by atoms with van der Waals surface area (Å²) in [5.41, 5.74) is 2.90. The summed E-state index contributed by atoms with van der Waals surface area (Å²) >= 11 is 1.22. The second kappa shape index (κ2) is 8.47. The van der Waals surface area contributed by atoms with Crippen molar-refractivity contribution in [3.8, 4) is 11.8 Å². The molecule has 152 valence electrons. The predicted molar refractivity (Wildman–Crippen MR) is 108 cm³/mol. The number of amides is 1. The van der Waals surface area contributed by atoms with E-state index in [1.165, 1.54) is 23.5 Å². The second-order valence-corrected chi connectivity index (χ2v) is 7.68. The van der Waals surface area contributed by atoms with Crippen molar-refractivity contribution in [1.29, 1.82) is 5.26 Å². The zero-order chi connectivity index (χ0) is 21.1. The third-order valence-electron chi connectivity index (χ3n) is 4.82. The van der Waals surface area contributed by atoms with E-state index in [0.717, 1.165) is 30.5 Å². The topological polar surface area (TPSA) is 97.0 Å². The zero-order valence-corrected chi connectivity index (χ0v) is 16.7. The van der Waals surface area contributed by atoms with Gasteiger partial charge in [0.1, 0.15) is 16.9 Å². The van der Waals surface area contributed by atoms with Gasteiger partial charge in [-0.3, -0.25) is 4.79 Å². The second-order valence-electron chi connectivity index (χ2n) is 6.77. The molecule has 1 aliphatic carbocycles. The number of aromatic nitrogens is 2. The van der Waals surface area contributed by atoms with Crippen LogP contribution in [0.3, 0.4) is 0 Å². The minimum absolute atomic E-state index is 0.177. The van der Waals surface area contributed by atoms with E-state index in [0.29, 0.717) is 22.7 Å². The van der Waals surface area contributed by atoms with Gasteiger partial charge in [-0.2, -0.15) is 10.4 Å². The lowest BCUT2D eigenvalue weighted by Crippen LogP contribution is -2.21. The first kappa shape index (κ1) is 19.8. The van der Waals surface area contributed by atoms with E-state index in [2.05, 4.69) is 10.4 Å². The lowest BCUT2D eigenvalue weighted by atomic mass is 9.95. The highest BCUT2D eigenvalue weighted by Crippen LogP contribution is 2.27. The van der Waals surface area contributed by atoms with Crippen molar-refractivity contribution in [2.75, 3.05) is 11.9 Å². The molecule has 0 aliphatic heterocycles. The van der Waals surface area contributed by atoms with Gasteiger partial charge in [0.25, 0.3) is 5.91 Å². The van der Waals surface area contributed by atoms with Gasteiger partial charge in [-0.25, -0.2) is 13.9 Å². The number of nitriles is 1. The third-order valence-corrected chi connectivity index (χ3v) is 5.65. The van der Waals surface area contributed by atoms with E-state index < -0.39 is 18.5 Å². The fourth-order valence-corrected chi connectivity index (χ4v) is 4.17. The molecule has 1 amide bonds. The van der Waals surface area contributed by atoms with E-state index in [4.69, 9.17) is 10.00 Å². The summed E-state index contributed by atoms with van der Waals surface area (Å²) < 4.78 is 20.1. The molecule has 0 unspecified atom stereocenters. The van der Waals surface area contributed by atoms with Crippen LogP contribution in [0.2, 0.25) is 0 Å². The van der Waals surface area contributed by atoms with Crippen molar-refractivity contribution in [1.82, 2.24) is 9.78 Å². The molecule has 1 aliphatic rings. The van der Waals surface area contributed by atoms with E-state index in [1.54, 1.807) is 28.3 Å². The van der Waals surface area contributed by atoms with Crippen molar-refractivity contribution >= 4 is 28.2 Å². The summed E-state index contributed by atoms with van der Waals surface area (Å²) in [5.74, 6) is -1.57. The molecule has 2 aromatic heterocycles. The molecule has 1 aromatic carbocycles. The number of ether oxygens (including phenoxy) is 1. The standard InChI is InChI=1S/C21H17FN4O3S/c22-14-5-7-15(8-6-14)26-17-4-2-1-3-16(17)19(25-26)21(28)29-12-18(27)24-20-13(11-23)9-10-30-20/h5-10H,1-4,12H2,(H,24,27). The smallest absolute Gasteiger partial charge is 0.359 e. The van der Waals surface area contributed by atoms with Gasteiger partial charge in [-0.1, -0.05) is 0 Å². The molecule has 3 aromatic rings. The molecule has 0 saturated carbocycles. The van der Waals surface area contributed by atoms with Crippen LogP contribution in [0.5, 0.6) is 0 Å². The zero-order valence-electron chi connectivity index (χ0n) is 15.9. The van der Waals surface area contributed by atoms with Gasteiger partial charge >= 0.3 is 5.97 Å². The van der Waals surface area contributed by atoms with Crippen LogP contribution < -0.4 is 5.32 Å². The number of anilines is 1. The van der Waals surface area contributed by atoms with Gasteiger partial charge in [0.05, 0.1) is 11.3 Å². The molecule has 0 radical (unpaired) electrons. The van der Waals surface area contributed by atoms with Crippen LogP contribution in [-0.2, 0) is 22.4 Å². The summed E-state index contributed by atoms with van der Waals surface area (Å²) in [7, 11) is 0. The average Bonchev–Trinajstić information content (AvgIpc) is 3.37. The predicted octanol–water partition coefficient (Wildman–Crippen LogP) is 3.62. The van der Waals surface area contributed by atoms with E-state index in [-0.39, 0.29) is 11.5 Å². The number of hydrogen-bond donors (Lipinski definition) is 1. The van der Waals surface area contributed by atoms with Crippen LogP contribution >= 0.6 is 11.3 Å². The molecule has 9 heteroatoms. The van der Waals surface area contributed by atoms with Crippen LogP contribution in [0.4, 0.5) is 9.39 Å². The molecule has 30 heavy (non-hydrogen) atoms. The molecule has 0 spiro atoms. The van der Waals surface area contributed by atoms with Gasteiger partial charge in [-0.05, 0) is 61.4 Å². The van der Waals surface area contributed by atoms with Gasteiger partial charge in [0, 0.05) is 11.3 Å². The van der Waals surface area contributed by atoms with Crippen molar-refractivity contribution in [2.45, 2.75) is 25.7 Å². The van der Waals surface area contributed by atoms with Crippen LogP contribution in [0.25, 0.3) is 5.69 Å². The number of thiophene rings is 1. The Morgan fingerprint density at radius 2 is 2.00 bits per heavy atom. The van der Waals surface area contributed by atoms with Gasteiger partial charge in [0.15, 0.2) is 12.3 Å². The lowest BCUT2D eigenvalue weighted by molar-refractivity contribution is -0.119. The number of benzene rings is 1. The largest absolute Gasteiger partial charge is 0.451 e. The minimum atomic E-state index is -0.684. The molecule has 4 rings (SSSR count). The number of esters is 1. The average molecular weight is 424 g/mol. The minimum Gasteiger partial charge on any atom is -0.451 e. The number of hydrogen-bond acceptors (Lipinski definition) is 6. The van der Waals surface area contributed by atoms with Gasteiger partial charge in [-0.15, -0.1) is 11.3 Å². The van der Waals surface area contributed by atoms with Crippen LogP contribution in [0, 0.1) is 17.1 Å². The van der Waals surface area contributed by atoms with Crippen molar-refractivity contribution < 1.29 is 18.7 Å². The molecular formula is C21H17FN4O3S. The maximum atomic E-state index is 13.3. The number of carbonyl (C=O) groups is 2. The summed E-state index contributed by atoms with van der Waals surface area (Å²) in [4.78, 5) is 24.8. The summed E-state index contributed by atoms with van der Waals surface area (Å²) in [6.45, 7) is -0.486. The Morgan fingerprint density at radius 1 is 1.23 bits per heavy atom. The maximum absolute atomic E-state index is 13.3. The Bertz CT molecular complexity index is 1140. The highest BCUT2D eigenvalue weighted by atomic mass is 32.1. The van der Waals surface area contributed by atoms with E-state index >= 15 is 0 Å². The Balaban J connectivity index is 1.50.